The van der Waals surface area contributed by atoms with Crippen molar-refractivity contribution in [3.8, 4) is 0 Å². The summed E-state index contributed by atoms with van der Waals surface area (Å²) in [4.78, 5) is 12.5. The third-order valence-corrected chi connectivity index (χ3v) is 9.02. The van der Waals surface area contributed by atoms with Crippen molar-refractivity contribution in [2.75, 3.05) is 13.2 Å². The number of epoxide rings is 1. The summed E-state index contributed by atoms with van der Waals surface area (Å²) in [6.07, 6.45) is 10.2. The van der Waals surface area contributed by atoms with E-state index in [1.165, 1.54) is 5.57 Å². The molecule has 6 aliphatic rings. The average molecular weight is 373 g/mol. The van der Waals surface area contributed by atoms with E-state index >= 15 is 0 Å². The molecule has 0 bridgehead atoms. The molecule has 4 heteroatoms. The number of ketones is 1. The number of ether oxygens (including phenoxy) is 3. The second-order valence-corrected chi connectivity index (χ2v) is 11.2. The molecule has 0 N–H and O–H groups in total. The SMILES string of the molecule is CC1(C)COC2(CC[C@@]34O[C@]3(CC[C@@H]3C4=CC[C@]4(C)C(=O)CC[C@@H]34)C2)OC1. The highest BCUT2D eigenvalue weighted by Gasteiger charge is 2.79. The van der Waals surface area contributed by atoms with E-state index in [9.17, 15) is 4.79 Å². The first kappa shape index (κ1) is 17.2. The van der Waals surface area contributed by atoms with Gasteiger partial charge in [0.2, 0.25) is 0 Å². The predicted molar refractivity (Wildman–Crippen MR) is 100 cm³/mol. The van der Waals surface area contributed by atoms with Gasteiger partial charge < -0.3 is 14.2 Å². The van der Waals surface area contributed by atoms with Crippen LogP contribution >= 0.6 is 0 Å². The molecular weight excluding hydrogens is 340 g/mol. The number of carbonyl (C=O) groups is 1. The fourth-order valence-electron chi connectivity index (χ4n) is 7.35. The molecule has 2 saturated heterocycles. The number of hydrogen-bond donors (Lipinski definition) is 0. The third-order valence-electron chi connectivity index (χ3n) is 9.02. The van der Waals surface area contributed by atoms with Crippen molar-refractivity contribution >= 4 is 5.78 Å². The van der Waals surface area contributed by atoms with E-state index in [2.05, 4.69) is 26.8 Å². The summed E-state index contributed by atoms with van der Waals surface area (Å²) >= 11 is 0. The molecule has 0 radical (unpaired) electrons. The molecule has 27 heavy (non-hydrogen) atoms. The van der Waals surface area contributed by atoms with E-state index in [0.717, 1.165) is 64.6 Å². The van der Waals surface area contributed by atoms with Gasteiger partial charge in [-0.2, -0.15) is 0 Å². The summed E-state index contributed by atoms with van der Waals surface area (Å²) in [5.74, 6) is 1.13. The Morgan fingerprint density at radius 1 is 1.04 bits per heavy atom. The lowest BCUT2D eigenvalue weighted by Crippen LogP contribution is -2.56. The Morgan fingerprint density at radius 2 is 1.81 bits per heavy atom. The molecule has 5 fully saturated rings. The Balaban J connectivity index is 1.29. The minimum Gasteiger partial charge on any atom is -0.358 e. The van der Waals surface area contributed by atoms with Crippen molar-refractivity contribution in [1.82, 2.24) is 0 Å². The zero-order valence-corrected chi connectivity index (χ0v) is 16.9. The van der Waals surface area contributed by atoms with Crippen LogP contribution in [0.2, 0.25) is 0 Å². The van der Waals surface area contributed by atoms with E-state index in [0.29, 0.717) is 17.6 Å². The van der Waals surface area contributed by atoms with Gasteiger partial charge >= 0.3 is 0 Å². The first-order valence-electron chi connectivity index (χ1n) is 11.0. The highest BCUT2D eigenvalue weighted by atomic mass is 16.7. The lowest BCUT2D eigenvalue weighted by atomic mass is 9.54. The second kappa shape index (κ2) is 4.88. The maximum atomic E-state index is 12.5. The zero-order valence-electron chi connectivity index (χ0n) is 16.9. The molecule has 0 aromatic rings. The molecule has 4 nitrogen and oxygen atoms in total. The molecule has 4 aliphatic carbocycles. The molecule has 2 aliphatic heterocycles. The first-order chi connectivity index (χ1) is 12.7. The van der Waals surface area contributed by atoms with Gasteiger partial charge in [-0.05, 0) is 49.5 Å². The summed E-state index contributed by atoms with van der Waals surface area (Å²) < 4.78 is 19.3. The lowest BCUT2D eigenvalue weighted by molar-refractivity contribution is -0.313. The van der Waals surface area contributed by atoms with E-state index in [1.807, 2.05) is 0 Å². The van der Waals surface area contributed by atoms with Crippen LogP contribution in [0.4, 0.5) is 0 Å². The summed E-state index contributed by atoms with van der Waals surface area (Å²) in [7, 11) is 0. The summed E-state index contributed by atoms with van der Waals surface area (Å²) in [5.41, 5.74) is 1.37. The van der Waals surface area contributed by atoms with Crippen LogP contribution in [-0.2, 0) is 19.0 Å². The number of hydrogen-bond acceptors (Lipinski definition) is 4. The van der Waals surface area contributed by atoms with Crippen LogP contribution in [0.15, 0.2) is 11.6 Å². The molecule has 5 atom stereocenters. The van der Waals surface area contributed by atoms with Crippen LogP contribution in [0, 0.1) is 22.7 Å². The first-order valence-corrected chi connectivity index (χ1v) is 11.0. The van der Waals surface area contributed by atoms with Gasteiger partial charge in [0, 0.05) is 30.1 Å². The Morgan fingerprint density at radius 3 is 2.59 bits per heavy atom. The standard InChI is InChI=1S/C23H32O4/c1-19(2)13-25-22(26-14-19)10-11-23-17-7-8-20(3)16(4-5-18(20)24)15(17)6-9-21(23,12-22)27-23/h7,15-16H,4-6,8-14H2,1-3H3/t15-,16-,20-,21+,23-/m0/s1. The van der Waals surface area contributed by atoms with E-state index in [-0.39, 0.29) is 22.0 Å². The van der Waals surface area contributed by atoms with Gasteiger partial charge in [0.05, 0.1) is 13.2 Å². The van der Waals surface area contributed by atoms with Crippen molar-refractivity contribution in [1.29, 1.82) is 0 Å². The largest absolute Gasteiger partial charge is 0.358 e. The number of allylic oxidation sites excluding steroid dienone is 1. The zero-order chi connectivity index (χ0) is 18.7. The number of Topliss-reactive ketones (excluding diaryl/α,β-unsaturated/α-hetero) is 1. The maximum absolute atomic E-state index is 12.5. The Labute approximate surface area is 162 Å². The highest BCUT2D eigenvalue weighted by molar-refractivity contribution is 5.87. The molecule has 0 amide bonds. The topological polar surface area (TPSA) is 48.1 Å². The highest BCUT2D eigenvalue weighted by Crippen LogP contribution is 2.73. The van der Waals surface area contributed by atoms with Crippen LogP contribution in [-0.4, -0.2) is 36.0 Å². The van der Waals surface area contributed by atoms with Gasteiger partial charge in [0.15, 0.2) is 5.79 Å². The second-order valence-electron chi connectivity index (χ2n) is 11.2. The molecule has 3 saturated carbocycles. The van der Waals surface area contributed by atoms with E-state index < -0.39 is 5.79 Å². The summed E-state index contributed by atoms with van der Waals surface area (Å²) in [6.45, 7) is 8.16. The van der Waals surface area contributed by atoms with E-state index in [4.69, 9.17) is 14.2 Å². The minimum absolute atomic E-state index is 0.0756. The van der Waals surface area contributed by atoms with Gasteiger partial charge in [0.1, 0.15) is 17.0 Å². The van der Waals surface area contributed by atoms with Gasteiger partial charge in [-0.25, -0.2) is 0 Å². The molecular formula is C23H32O4. The summed E-state index contributed by atoms with van der Waals surface area (Å²) in [6, 6.07) is 0. The monoisotopic (exact) mass is 372 g/mol. The Kier molecular flexibility index (Phi) is 3.10. The van der Waals surface area contributed by atoms with Crippen LogP contribution in [0.5, 0.6) is 0 Å². The van der Waals surface area contributed by atoms with Crippen molar-refractivity contribution < 1.29 is 19.0 Å². The van der Waals surface area contributed by atoms with Gasteiger partial charge in [-0.3, -0.25) is 4.79 Å². The molecule has 1 spiro atoms. The summed E-state index contributed by atoms with van der Waals surface area (Å²) in [5, 5.41) is 0. The van der Waals surface area contributed by atoms with Crippen LogP contribution in [0.3, 0.4) is 0 Å². The maximum Gasteiger partial charge on any atom is 0.171 e. The van der Waals surface area contributed by atoms with Crippen LogP contribution in [0.1, 0.15) is 72.1 Å². The van der Waals surface area contributed by atoms with Crippen LogP contribution in [0.25, 0.3) is 0 Å². The molecule has 0 aromatic heterocycles. The average Bonchev–Trinajstić information content (AvgIpc) is 3.23. The third kappa shape index (κ3) is 2.03. The minimum atomic E-state index is -0.435. The van der Waals surface area contributed by atoms with Gasteiger partial charge in [0.25, 0.3) is 0 Å². The predicted octanol–water partition coefficient (Wildman–Crippen LogP) is 4.17. The van der Waals surface area contributed by atoms with Gasteiger partial charge in [-0.1, -0.05) is 26.8 Å². The molecule has 148 valence electrons. The number of fused-ring (bicyclic) bond motifs is 3. The van der Waals surface area contributed by atoms with Crippen molar-refractivity contribution in [2.45, 2.75) is 89.1 Å². The fraction of sp³-hybridized carbons (Fsp3) is 0.870. The normalized spacial score (nSPS) is 51.7. The van der Waals surface area contributed by atoms with Crippen molar-refractivity contribution in [2.24, 2.45) is 22.7 Å². The molecule has 0 aromatic carbocycles. The molecule has 2 heterocycles. The quantitative estimate of drug-likeness (QED) is 0.473. The Hall–Kier alpha value is -0.710. The van der Waals surface area contributed by atoms with Crippen LogP contribution < -0.4 is 0 Å². The number of carbonyl (C=O) groups excluding carboxylic acids is 1. The molecule has 0 unspecified atom stereocenters. The van der Waals surface area contributed by atoms with E-state index in [1.54, 1.807) is 0 Å². The van der Waals surface area contributed by atoms with Crippen molar-refractivity contribution in [3.63, 3.8) is 0 Å². The van der Waals surface area contributed by atoms with Gasteiger partial charge in [-0.15, -0.1) is 0 Å². The number of rotatable bonds is 0. The smallest absolute Gasteiger partial charge is 0.171 e. The Bertz CT molecular complexity index is 743. The molecule has 6 rings (SSSR count). The van der Waals surface area contributed by atoms with Crippen molar-refractivity contribution in [3.05, 3.63) is 11.6 Å². The fourth-order valence-corrected chi connectivity index (χ4v) is 7.35. The lowest BCUT2D eigenvalue weighted by Gasteiger charge is -2.51.